The number of rotatable bonds is 3. The molecule has 0 unspecified atom stereocenters. The molecule has 1 rings (SSSR count). The van der Waals surface area contributed by atoms with Crippen molar-refractivity contribution in [2.75, 3.05) is 25.6 Å². The number of carbonyl (C=O) groups is 1. The van der Waals surface area contributed by atoms with Crippen LogP contribution < -0.4 is 4.90 Å². The van der Waals surface area contributed by atoms with Gasteiger partial charge in [0.2, 0.25) is 0 Å². The third-order valence-corrected chi connectivity index (χ3v) is 1.83. The van der Waals surface area contributed by atoms with Crippen molar-refractivity contribution in [3.63, 3.8) is 0 Å². The maximum Gasteiger partial charge on any atom is 0.190 e. The Morgan fingerprint density at radius 3 is 2.54 bits per heavy atom. The van der Waals surface area contributed by atoms with E-state index >= 15 is 0 Å². The van der Waals surface area contributed by atoms with E-state index in [9.17, 15) is 4.79 Å². The summed E-state index contributed by atoms with van der Waals surface area (Å²) >= 11 is 0. The average Bonchev–Trinajstić information content (AvgIpc) is 2.16. The fraction of sp³-hybridized carbons (Fsp3) is 0.300. The lowest BCUT2D eigenvalue weighted by atomic mass is 10.1. The number of aliphatic hydroxyl groups is 1. The summed E-state index contributed by atoms with van der Waals surface area (Å²) < 4.78 is 0. The number of benzene rings is 1. The Balaban J connectivity index is 3.12. The van der Waals surface area contributed by atoms with Gasteiger partial charge in [-0.2, -0.15) is 0 Å². The molecule has 0 heterocycles. The molecule has 0 spiro atoms. The number of nitrogens with zero attached hydrogens (tertiary/aromatic N) is 1. The fourth-order valence-electron chi connectivity index (χ4n) is 1.18. The van der Waals surface area contributed by atoms with Crippen molar-refractivity contribution in [3.8, 4) is 0 Å². The minimum atomic E-state index is -0.440. The number of Topliss-reactive ketones (excluding diaryl/α,β-unsaturated/α-hetero) is 1. The van der Waals surface area contributed by atoms with Crippen molar-refractivity contribution in [1.29, 1.82) is 0 Å². The van der Waals surface area contributed by atoms with E-state index in [1.165, 1.54) is 0 Å². The van der Waals surface area contributed by atoms with Crippen molar-refractivity contribution in [1.82, 2.24) is 0 Å². The number of aliphatic hydroxyl groups excluding tert-OH is 1. The van der Waals surface area contributed by atoms with Crippen molar-refractivity contribution < 1.29 is 9.90 Å². The number of anilines is 1. The van der Waals surface area contributed by atoms with Gasteiger partial charge in [0, 0.05) is 25.3 Å². The van der Waals surface area contributed by atoms with E-state index in [1.807, 2.05) is 31.1 Å². The molecular formula is C10H13NO2. The standard InChI is InChI=1S/C10H13NO2/c1-11(2)9-6-4-3-5-8(9)10(13)7-12/h3-6,12H,7H2,1-2H3. The van der Waals surface area contributed by atoms with E-state index in [2.05, 4.69) is 0 Å². The predicted molar refractivity (Wildman–Crippen MR) is 52.2 cm³/mol. The topological polar surface area (TPSA) is 40.5 Å². The molecule has 0 bridgehead atoms. The Kier molecular flexibility index (Phi) is 3.03. The van der Waals surface area contributed by atoms with Gasteiger partial charge in [-0.3, -0.25) is 4.79 Å². The normalized spacial score (nSPS) is 9.77. The zero-order chi connectivity index (χ0) is 9.84. The summed E-state index contributed by atoms with van der Waals surface area (Å²) in [5, 5.41) is 8.73. The Morgan fingerprint density at radius 1 is 1.38 bits per heavy atom. The van der Waals surface area contributed by atoms with Crippen molar-refractivity contribution in [2.24, 2.45) is 0 Å². The van der Waals surface area contributed by atoms with Crippen LogP contribution in [0.15, 0.2) is 24.3 Å². The van der Waals surface area contributed by atoms with Gasteiger partial charge in [0.1, 0.15) is 6.61 Å². The first-order valence-electron chi connectivity index (χ1n) is 4.07. The molecule has 13 heavy (non-hydrogen) atoms. The molecule has 0 aliphatic rings. The van der Waals surface area contributed by atoms with Crippen LogP contribution in [0.2, 0.25) is 0 Å². The second-order valence-electron chi connectivity index (χ2n) is 2.99. The first-order valence-corrected chi connectivity index (χ1v) is 4.07. The monoisotopic (exact) mass is 179 g/mol. The van der Waals surface area contributed by atoms with Crippen LogP contribution in [0.5, 0.6) is 0 Å². The molecule has 0 fully saturated rings. The molecule has 70 valence electrons. The van der Waals surface area contributed by atoms with Crippen LogP contribution in [0.25, 0.3) is 0 Å². The van der Waals surface area contributed by atoms with Gasteiger partial charge in [-0.1, -0.05) is 12.1 Å². The Bertz CT molecular complexity index is 308. The van der Waals surface area contributed by atoms with Crippen LogP contribution in [0.1, 0.15) is 10.4 Å². The lowest BCUT2D eigenvalue weighted by Gasteiger charge is -2.15. The van der Waals surface area contributed by atoms with Crippen molar-refractivity contribution in [3.05, 3.63) is 29.8 Å². The highest BCUT2D eigenvalue weighted by Crippen LogP contribution is 2.17. The number of hydrogen-bond donors (Lipinski definition) is 1. The van der Waals surface area contributed by atoms with Crippen LogP contribution in [0.4, 0.5) is 5.69 Å². The molecule has 1 N–H and O–H groups in total. The van der Waals surface area contributed by atoms with Crippen LogP contribution in [-0.2, 0) is 0 Å². The van der Waals surface area contributed by atoms with Gasteiger partial charge in [-0.25, -0.2) is 0 Å². The van der Waals surface area contributed by atoms with Crippen LogP contribution in [0.3, 0.4) is 0 Å². The lowest BCUT2D eigenvalue weighted by molar-refractivity contribution is 0.0904. The zero-order valence-electron chi connectivity index (χ0n) is 7.82. The first kappa shape index (κ1) is 9.74. The number of para-hydroxylation sites is 1. The summed E-state index contributed by atoms with van der Waals surface area (Å²) in [6.07, 6.45) is 0. The summed E-state index contributed by atoms with van der Waals surface area (Å²) in [7, 11) is 3.73. The highest BCUT2D eigenvalue weighted by Gasteiger charge is 2.10. The molecule has 3 heteroatoms. The SMILES string of the molecule is CN(C)c1ccccc1C(=O)CO. The molecule has 0 aliphatic carbocycles. The van der Waals surface area contributed by atoms with Gasteiger partial charge >= 0.3 is 0 Å². The smallest absolute Gasteiger partial charge is 0.190 e. The predicted octanol–water partition coefficient (Wildman–Crippen LogP) is 0.928. The van der Waals surface area contributed by atoms with Crippen LogP contribution in [0, 0.1) is 0 Å². The second kappa shape index (κ2) is 4.05. The molecule has 0 aliphatic heterocycles. The third-order valence-electron chi connectivity index (χ3n) is 1.83. The van der Waals surface area contributed by atoms with Gasteiger partial charge in [-0.05, 0) is 12.1 Å². The summed E-state index contributed by atoms with van der Waals surface area (Å²) in [5.41, 5.74) is 1.40. The maximum absolute atomic E-state index is 11.3. The number of carbonyl (C=O) groups excluding carboxylic acids is 1. The summed E-state index contributed by atoms with van der Waals surface area (Å²) in [4.78, 5) is 13.1. The molecule has 1 aromatic rings. The van der Waals surface area contributed by atoms with E-state index < -0.39 is 6.61 Å². The zero-order valence-corrected chi connectivity index (χ0v) is 7.82. The minimum Gasteiger partial charge on any atom is -0.388 e. The molecule has 0 saturated heterocycles. The van der Waals surface area contributed by atoms with Gasteiger partial charge in [0.15, 0.2) is 5.78 Å². The van der Waals surface area contributed by atoms with Crippen molar-refractivity contribution >= 4 is 11.5 Å². The molecule has 1 aromatic carbocycles. The average molecular weight is 179 g/mol. The fourth-order valence-corrected chi connectivity index (χ4v) is 1.18. The largest absolute Gasteiger partial charge is 0.388 e. The Labute approximate surface area is 77.6 Å². The highest BCUT2D eigenvalue weighted by atomic mass is 16.3. The Hall–Kier alpha value is -1.35. The quantitative estimate of drug-likeness (QED) is 0.702. The molecule has 0 radical (unpaired) electrons. The van der Waals surface area contributed by atoms with Crippen LogP contribution in [-0.4, -0.2) is 31.6 Å². The summed E-state index contributed by atoms with van der Waals surface area (Å²) in [6, 6.07) is 7.22. The van der Waals surface area contributed by atoms with Crippen LogP contribution >= 0.6 is 0 Å². The van der Waals surface area contributed by atoms with Gasteiger partial charge in [-0.15, -0.1) is 0 Å². The van der Waals surface area contributed by atoms with E-state index in [-0.39, 0.29) is 5.78 Å². The van der Waals surface area contributed by atoms with Gasteiger partial charge in [0.05, 0.1) is 0 Å². The van der Waals surface area contributed by atoms with Crippen molar-refractivity contribution in [2.45, 2.75) is 0 Å². The molecule has 0 atom stereocenters. The van der Waals surface area contributed by atoms with Gasteiger partial charge < -0.3 is 10.0 Å². The third kappa shape index (κ3) is 2.06. The molecule has 0 amide bonds. The molecule has 0 saturated carbocycles. The molecule has 0 aromatic heterocycles. The Morgan fingerprint density at radius 2 is 2.00 bits per heavy atom. The number of ketones is 1. The number of hydrogen-bond acceptors (Lipinski definition) is 3. The van der Waals surface area contributed by atoms with Gasteiger partial charge in [0.25, 0.3) is 0 Å². The summed E-state index contributed by atoms with van der Waals surface area (Å²) in [5.74, 6) is -0.246. The molecule has 3 nitrogen and oxygen atoms in total. The first-order chi connectivity index (χ1) is 6.16. The molecular weight excluding hydrogens is 166 g/mol. The minimum absolute atomic E-state index is 0.246. The highest BCUT2D eigenvalue weighted by molar-refractivity contribution is 6.02. The van der Waals surface area contributed by atoms with E-state index in [0.29, 0.717) is 5.56 Å². The van der Waals surface area contributed by atoms with E-state index in [0.717, 1.165) is 5.69 Å². The van der Waals surface area contributed by atoms with E-state index in [1.54, 1.807) is 12.1 Å². The maximum atomic E-state index is 11.3. The lowest BCUT2D eigenvalue weighted by Crippen LogP contribution is -2.15. The second-order valence-corrected chi connectivity index (χ2v) is 2.99. The summed E-state index contributed by atoms with van der Waals surface area (Å²) in [6.45, 7) is -0.440. The van der Waals surface area contributed by atoms with E-state index in [4.69, 9.17) is 5.11 Å².